The molecule has 0 bridgehead atoms. The van der Waals surface area contributed by atoms with E-state index in [-0.39, 0.29) is 11.9 Å². The number of nitrogens with one attached hydrogen (secondary N) is 2. The second-order valence-corrected chi connectivity index (χ2v) is 4.95. The number of imidazole rings is 1. The van der Waals surface area contributed by atoms with Gasteiger partial charge in [-0.2, -0.15) is 0 Å². The maximum Gasteiger partial charge on any atom is 0.220 e. The van der Waals surface area contributed by atoms with Crippen LogP contribution in [0.15, 0.2) is 12.4 Å². The molecule has 0 spiro atoms. The highest BCUT2D eigenvalue weighted by molar-refractivity contribution is 5.76. The topological polar surface area (TPSA) is 57.8 Å². The Morgan fingerprint density at radius 1 is 1.59 bits per heavy atom. The molecule has 4 heteroatoms. The number of amides is 1. The number of hydrogen-bond acceptors (Lipinski definition) is 2. The van der Waals surface area contributed by atoms with Crippen LogP contribution in [0.1, 0.15) is 57.3 Å². The van der Waals surface area contributed by atoms with Crippen molar-refractivity contribution in [2.45, 2.75) is 51.5 Å². The Bertz CT molecular complexity index is 342. The molecule has 1 unspecified atom stereocenters. The average Bonchev–Trinajstić information content (AvgIpc) is 2.99. The molecule has 2 rings (SSSR count). The van der Waals surface area contributed by atoms with Gasteiger partial charge >= 0.3 is 0 Å². The maximum atomic E-state index is 11.8. The van der Waals surface area contributed by atoms with E-state index in [9.17, 15) is 4.79 Å². The minimum absolute atomic E-state index is 0.0268. The molecule has 1 aliphatic rings. The first-order valence-corrected chi connectivity index (χ1v) is 6.54. The molecular formula is C13H21N3O. The van der Waals surface area contributed by atoms with E-state index in [1.807, 2.05) is 6.92 Å². The van der Waals surface area contributed by atoms with E-state index in [0.717, 1.165) is 18.2 Å². The lowest BCUT2D eigenvalue weighted by Crippen LogP contribution is -2.27. The predicted octanol–water partition coefficient (Wildman–Crippen LogP) is 2.56. The van der Waals surface area contributed by atoms with Gasteiger partial charge in [-0.1, -0.05) is 25.7 Å². The molecule has 0 aromatic carbocycles. The molecule has 2 N–H and O–H groups in total. The van der Waals surface area contributed by atoms with Crippen LogP contribution in [0.4, 0.5) is 0 Å². The highest BCUT2D eigenvalue weighted by Crippen LogP contribution is 2.28. The first kappa shape index (κ1) is 12.1. The van der Waals surface area contributed by atoms with Crippen molar-refractivity contribution in [3.63, 3.8) is 0 Å². The molecule has 0 radical (unpaired) electrons. The number of aromatic nitrogens is 2. The number of carbonyl (C=O) groups excluding carboxylic acids is 1. The fourth-order valence-electron chi connectivity index (χ4n) is 2.53. The summed E-state index contributed by atoms with van der Waals surface area (Å²) in [6.45, 7) is 1.95. The van der Waals surface area contributed by atoms with Crippen LogP contribution < -0.4 is 5.32 Å². The number of nitrogens with zero attached hydrogens (tertiary/aromatic N) is 1. The van der Waals surface area contributed by atoms with Crippen LogP contribution in [0.3, 0.4) is 0 Å². The Hall–Kier alpha value is -1.32. The first-order valence-electron chi connectivity index (χ1n) is 6.54. The second kappa shape index (κ2) is 5.84. The third kappa shape index (κ3) is 3.58. The zero-order valence-corrected chi connectivity index (χ0v) is 10.4. The quantitative estimate of drug-likeness (QED) is 0.824. The fraction of sp³-hybridized carbons (Fsp3) is 0.692. The van der Waals surface area contributed by atoms with Crippen molar-refractivity contribution in [1.82, 2.24) is 15.3 Å². The van der Waals surface area contributed by atoms with Crippen LogP contribution in [-0.2, 0) is 4.79 Å². The molecule has 1 saturated carbocycles. The Labute approximate surface area is 102 Å². The molecule has 0 aliphatic heterocycles. The van der Waals surface area contributed by atoms with Crippen LogP contribution in [0, 0.1) is 5.92 Å². The summed E-state index contributed by atoms with van der Waals surface area (Å²) in [6.07, 6.45) is 10.5. The van der Waals surface area contributed by atoms with Crippen molar-refractivity contribution in [3.05, 3.63) is 18.2 Å². The standard InChI is InChI=1S/C13H21N3O/c1-10(13-14-8-9-15-13)16-12(17)7-6-11-4-2-3-5-11/h8-11H,2-7H2,1H3,(H,14,15)(H,16,17). The number of rotatable bonds is 5. The van der Waals surface area contributed by atoms with Gasteiger partial charge in [-0.3, -0.25) is 4.79 Å². The van der Waals surface area contributed by atoms with Crippen LogP contribution in [0.25, 0.3) is 0 Å². The van der Waals surface area contributed by atoms with Gasteiger partial charge in [0.25, 0.3) is 0 Å². The smallest absolute Gasteiger partial charge is 0.220 e. The van der Waals surface area contributed by atoms with Crippen LogP contribution in [0.2, 0.25) is 0 Å². The molecule has 1 aromatic heterocycles. The normalized spacial score (nSPS) is 18.2. The summed E-state index contributed by atoms with van der Waals surface area (Å²) < 4.78 is 0. The van der Waals surface area contributed by atoms with Crippen LogP contribution >= 0.6 is 0 Å². The molecule has 0 saturated heterocycles. The summed E-state index contributed by atoms with van der Waals surface area (Å²) in [4.78, 5) is 18.9. The van der Waals surface area contributed by atoms with Gasteiger partial charge in [-0.25, -0.2) is 4.98 Å². The van der Waals surface area contributed by atoms with Gasteiger partial charge in [0.05, 0.1) is 6.04 Å². The number of H-pyrrole nitrogens is 1. The summed E-state index contributed by atoms with van der Waals surface area (Å²) in [6, 6.07) is -0.0268. The third-order valence-corrected chi connectivity index (χ3v) is 3.56. The summed E-state index contributed by atoms with van der Waals surface area (Å²) in [5.74, 6) is 1.74. The predicted molar refractivity (Wildman–Crippen MR) is 66.3 cm³/mol. The van der Waals surface area contributed by atoms with Crippen LogP contribution in [0.5, 0.6) is 0 Å². The minimum Gasteiger partial charge on any atom is -0.347 e. The van der Waals surface area contributed by atoms with Crippen molar-refractivity contribution < 1.29 is 4.79 Å². The zero-order valence-electron chi connectivity index (χ0n) is 10.4. The Kier molecular flexibility index (Phi) is 4.18. The van der Waals surface area contributed by atoms with E-state index in [1.54, 1.807) is 12.4 Å². The van der Waals surface area contributed by atoms with Gasteiger partial charge in [0.1, 0.15) is 5.82 Å². The van der Waals surface area contributed by atoms with Crippen molar-refractivity contribution >= 4 is 5.91 Å². The lowest BCUT2D eigenvalue weighted by Gasteiger charge is -2.13. The lowest BCUT2D eigenvalue weighted by molar-refractivity contribution is -0.122. The van der Waals surface area contributed by atoms with Crippen molar-refractivity contribution in [1.29, 1.82) is 0 Å². The monoisotopic (exact) mass is 235 g/mol. The third-order valence-electron chi connectivity index (χ3n) is 3.56. The van der Waals surface area contributed by atoms with E-state index in [4.69, 9.17) is 0 Å². The fourth-order valence-corrected chi connectivity index (χ4v) is 2.53. The summed E-state index contributed by atoms with van der Waals surface area (Å²) in [7, 11) is 0. The molecule has 4 nitrogen and oxygen atoms in total. The first-order chi connectivity index (χ1) is 8.25. The average molecular weight is 235 g/mol. The SMILES string of the molecule is CC(NC(=O)CCC1CCCC1)c1ncc[nH]1. The highest BCUT2D eigenvalue weighted by Gasteiger charge is 2.17. The summed E-state index contributed by atoms with van der Waals surface area (Å²) in [5.41, 5.74) is 0. The van der Waals surface area contributed by atoms with E-state index in [2.05, 4.69) is 15.3 Å². The molecule has 17 heavy (non-hydrogen) atoms. The van der Waals surface area contributed by atoms with E-state index >= 15 is 0 Å². The summed E-state index contributed by atoms with van der Waals surface area (Å²) >= 11 is 0. The van der Waals surface area contributed by atoms with Gasteiger partial charge in [0.15, 0.2) is 0 Å². The van der Waals surface area contributed by atoms with Crippen molar-refractivity contribution in [2.75, 3.05) is 0 Å². The maximum absolute atomic E-state index is 11.8. The van der Waals surface area contributed by atoms with Gasteiger partial charge in [-0.05, 0) is 19.3 Å². The minimum atomic E-state index is -0.0268. The number of aromatic amines is 1. The lowest BCUT2D eigenvalue weighted by atomic mass is 10.0. The number of hydrogen-bond donors (Lipinski definition) is 2. The van der Waals surface area contributed by atoms with Crippen molar-refractivity contribution in [3.8, 4) is 0 Å². The molecule has 1 aromatic rings. The highest BCUT2D eigenvalue weighted by atomic mass is 16.1. The Morgan fingerprint density at radius 2 is 2.35 bits per heavy atom. The van der Waals surface area contributed by atoms with E-state index in [0.29, 0.717) is 6.42 Å². The number of carbonyl (C=O) groups is 1. The molecule has 1 amide bonds. The Balaban J connectivity index is 1.69. The molecule has 1 fully saturated rings. The molecule has 1 aliphatic carbocycles. The van der Waals surface area contributed by atoms with Crippen LogP contribution in [-0.4, -0.2) is 15.9 Å². The van der Waals surface area contributed by atoms with Gasteiger partial charge in [-0.15, -0.1) is 0 Å². The molecule has 1 heterocycles. The van der Waals surface area contributed by atoms with E-state index in [1.165, 1.54) is 25.7 Å². The van der Waals surface area contributed by atoms with Gasteiger partial charge < -0.3 is 10.3 Å². The summed E-state index contributed by atoms with van der Waals surface area (Å²) in [5, 5.41) is 2.97. The molecule has 94 valence electrons. The second-order valence-electron chi connectivity index (χ2n) is 4.95. The van der Waals surface area contributed by atoms with Gasteiger partial charge in [0, 0.05) is 18.8 Å². The molecular weight excluding hydrogens is 214 g/mol. The largest absolute Gasteiger partial charge is 0.347 e. The van der Waals surface area contributed by atoms with Gasteiger partial charge in [0.2, 0.25) is 5.91 Å². The van der Waals surface area contributed by atoms with Crippen molar-refractivity contribution in [2.24, 2.45) is 5.92 Å². The Morgan fingerprint density at radius 3 is 3.00 bits per heavy atom. The zero-order chi connectivity index (χ0) is 12.1. The van der Waals surface area contributed by atoms with E-state index < -0.39 is 0 Å². The molecule has 1 atom stereocenters.